The molecular formula is C9H17N3O5. The van der Waals surface area contributed by atoms with Crippen molar-refractivity contribution in [3.05, 3.63) is 0 Å². The van der Waals surface area contributed by atoms with Gasteiger partial charge >= 0.3 is 12.0 Å². The van der Waals surface area contributed by atoms with Crippen LogP contribution < -0.4 is 10.6 Å². The quantitative estimate of drug-likeness (QED) is 0.442. The van der Waals surface area contributed by atoms with E-state index in [0.717, 1.165) is 0 Å². The molecule has 0 heterocycles. The third-order valence-corrected chi connectivity index (χ3v) is 1.89. The largest absolute Gasteiger partial charge is 0.479 e. The van der Waals surface area contributed by atoms with Gasteiger partial charge in [0.05, 0.1) is 6.54 Å². The van der Waals surface area contributed by atoms with Gasteiger partial charge in [0.15, 0.2) is 6.10 Å². The Morgan fingerprint density at radius 1 is 1.24 bits per heavy atom. The molecule has 0 bridgehead atoms. The Labute approximate surface area is 98.6 Å². The Morgan fingerprint density at radius 2 is 1.82 bits per heavy atom. The fourth-order valence-electron chi connectivity index (χ4n) is 0.822. The van der Waals surface area contributed by atoms with E-state index >= 15 is 0 Å². The molecule has 8 heteroatoms. The van der Waals surface area contributed by atoms with Crippen LogP contribution in [0.15, 0.2) is 0 Å². The Bertz CT molecular complexity index is 292. The van der Waals surface area contributed by atoms with E-state index in [1.165, 1.54) is 4.90 Å². The van der Waals surface area contributed by atoms with Gasteiger partial charge in [0.1, 0.15) is 0 Å². The summed E-state index contributed by atoms with van der Waals surface area (Å²) in [5, 5.41) is 21.9. The molecule has 0 aromatic rings. The first-order chi connectivity index (χ1) is 7.84. The van der Waals surface area contributed by atoms with Crippen molar-refractivity contribution in [2.45, 2.75) is 12.5 Å². The van der Waals surface area contributed by atoms with Crippen molar-refractivity contribution in [2.75, 3.05) is 27.2 Å². The molecule has 8 nitrogen and oxygen atoms in total. The van der Waals surface area contributed by atoms with Gasteiger partial charge in [-0.05, 0) is 0 Å². The van der Waals surface area contributed by atoms with Crippen LogP contribution in [0.25, 0.3) is 0 Å². The fourth-order valence-corrected chi connectivity index (χ4v) is 0.822. The third kappa shape index (κ3) is 7.12. The van der Waals surface area contributed by atoms with Gasteiger partial charge in [0.2, 0.25) is 5.91 Å². The van der Waals surface area contributed by atoms with Gasteiger partial charge in [0.25, 0.3) is 0 Å². The number of hydrogen-bond acceptors (Lipinski definition) is 4. The molecule has 0 aliphatic heterocycles. The van der Waals surface area contributed by atoms with Gasteiger partial charge in [-0.15, -0.1) is 0 Å². The summed E-state index contributed by atoms with van der Waals surface area (Å²) in [7, 11) is 3.12. The van der Waals surface area contributed by atoms with Gasteiger partial charge in [-0.1, -0.05) is 0 Å². The predicted octanol–water partition coefficient (Wildman–Crippen LogP) is -1.79. The van der Waals surface area contributed by atoms with E-state index in [-0.39, 0.29) is 25.4 Å². The Balaban J connectivity index is 3.67. The van der Waals surface area contributed by atoms with Gasteiger partial charge < -0.3 is 25.7 Å². The fraction of sp³-hybridized carbons (Fsp3) is 0.667. The van der Waals surface area contributed by atoms with Crippen molar-refractivity contribution in [1.82, 2.24) is 15.5 Å². The number of aliphatic hydroxyl groups excluding tert-OH is 1. The molecule has 0 fully saturated rings. The monoisotopic (exact) mass is 247 g/mol. The second-order valence-electron chi connectivity index (χ2n) is 3.54. The number of nitrogens with zero attached hydrogens (tertiary/aromatic N) is 1. The summed E-state index contributed by atoms with van der Waals surface area (Å²) < 4.78 is 0. The SMILES string of the molecule is CN(C)C(=O)CNC(=O)NCCC(O)C(=O)O. The van der Waals surface area contributed by atoms with Crippen LogP contribution in [0.3, 0.4) is 0 Å². The summed E-state index contributed by atoms with van der Waals surface area (Å²) in [5.41, 5.74) is 0. The number of carbonyl (C=O) groups excluding carboxylic acids is 2. The number of urea groups is 1. The Morgan fingerprint density at radius 3 is 2.29 bits per heavy atom. The number of likely N-dealkylation sites (N-methyl/N-ethyl adjacent to an activating group) is 1. The number of amides is 3. The lowest BCUT2D eigenvalue weighted by atomic mass is 10.2. The van der Waals surface area contributed by atoms with E-state index in [4.69, 9.17) is 10.2 Å². The van der Waals surface area contributed by atoms with Crippen molar-refractivity contribution in [3.8, 4) is 0 Å². The number of carboxylic acids is 1. The second-order valence-corrected chi connectivity index (χ2v) is 3.54. The van der Waals surface area contributed by atoms with E-state index in [0.29, 0.717) is 0 Å². The third-order valence-electron chi connectivity index (χ3n) is 1.89. The second kappa shape index (κ2) is 7.44. The van der Waals surface area contributed by atoms with Gasteiger partial charge in [-0.2, -0.15) is 0 Å². The van der Waals surface area contributed by atoms with Crippen LogP contribution in [0.1, 0.15) is 6.42 Å². The topological polar surface area (TPSA) is 119 Å². The zero-order valence-corrected chi connectivity index (χ0v) is 9.77. The number of carboxylic acid groups (broad SMARTS) is 1. The van der Waals surface area contributed by atoms with Crippen LogP contribution in [0.2, 0.25) is 0 Å². The first-order valence-corrected chi connectivity index (χ1v) is 4.97. The average Bonchev–Trinajstić information content (AvgIpc) is 2.25. The lowest BCUT2D eigenvalue weighted by molar-refractivity contribution is -0.146. The molecule has 0 rings (SSSR count). The minimum Gasteiger partial charge on any atom is -0.479 e. The maximum absolute atomic E-state index is 11.1. The van der Waals surface area contributed by atoms with Crippen LogP contribution in [-0.2, 0) is 9.59 Å². The molecule has 0 saturated carbocycles. The molecule has 98 valence electrons. The summed E-state index contributed by atoms with van der Waals surface area (Å²) in [6, 6.07) is -0.585. The molecule has 0 spiro atoms. The maximum Gasteiger partial charge on any atom is 0.332 e. The molecule has 3 amide bonds. The zero-order chi connectivity index (χ0) is 13.4. The average molecular weight is 247 g/mol. The van der Waals surface area contributed by atoms with Crippen molar-refractivity contribution in [2.24, 2.45) is 0 Å². The van der Waals surface area contributed by atoms with Crippen LogP contribution in [0.4, 0.5) is 4.79 Å². The lowest BCUT2D eigenvalue weighted by Gasteiger charge is -2.12. The van der Waals surface area contributed by atoms with Crippen LogP contribution >= 0.6 is 0 Å². The molecule has 4 N–H and O–H groups in total. The molecule has 1 unspecified atom stereocenters. The highest BCUT2D eigenvalue weighted by Crippen LogP contribution is 1.88. The highest BCUT2D eigenvalue weighted by Gasteiger charge is 2.13. The Kier molecular flexibility index (Phi) is 6.64. The van der Waals surface area contributed by atoms with Crippen molar-refractivity contribution in [1.29, 1.82) is 0 Å². The van der Waals surface area contributed by atoms with Crippen molar-refractivity contribution < 1.29 is 24.6 Å². The van der Waals surface area contributed by atoms with Crippen LogP contribution in [0.5, 0.6) is 0 Å². The molecule has 0 aromatic heterocycles. The first-order valence-electron chi connectivity index (χ1n) is 4.97. The highest BCUT2D eigenvalue weighted by molar-refractivity contribution is 5.83. The summed E-state index contributed by atoms with van der Waals surface area (Å²) in [4.78, 5) is 33.7. The van der Waals surface area contributed by atoms with Gasteiger partial charge in [-0.3, -0.25) is 4.79 Å². The maximum atomic E-state index is 11.1. The minimum atomic E-state index is -1.50. The molecule has 0 saturated heterocycles. The van der Waals surface area contributed by atoms with E-state index in [2.05, 4.69) is 10.6 Å². The highest BCUT2D eigenvalue weighted by atomic mass is 16.4. The van der Waals surface area contributed by atoms with E-state index in [1.54, 1.807) is 14.1 Å². The molecule has 1 atom stereocenters. The molecule has 0 aliphatic carbocycles. The number of aliphatic hydroxyl groups is 1. The standard InChI is InChI=1S/C9H17N3O5/c1-12(2)7(14)5-11-9(17)10-4-3-6(13)8(15)16/h6,13H,3-5H2,1-2H3,(H,15,16)(H2,10,11,17). The van der Waals surface area contributed by atoms with Gasteiger partial charge in [-0.25, -0.2) is 9.59 Å². The number of rotatable bonds is 6. The minimum absolute atomic E-state index is 0.00938. The summed E-state index contributed by atoms with van der Waals surface area (Å²) in [6.07, 6.45) is -1.59. The zero-order valence-electron chi connectivity index (χ0n) is 9.77. The van der Waals surface area contributed by atoms with Crippen molar-refractivity contribution in [3.63, 3.8) is 0 Å². The molecule has 0 aliphatic rings. The summed E-state index contributed by atoms with van der Waals surface area (Å²) in [6.45, 7) is -0.129. The molecule has 0 radical (unpaired) electrons. The summed E-state index contributed by atoms with van der Waals surface area (Å²) >= 11 is 0. The first kappa shape index (κ1) is 15.2. The van der Waals surface area contributed by atoms with Crippen LogP contribution in [0, 0.1) is 0 Å². The Hall–Kier alpha value is -1.83. The van der Waals surface area contributed by atoms with E-state index in [1.807, 2.05) is 0 Å². The molecular weight excluding hydrogens is 230 g/mol. The number of carbonyl (C=O) groups is 3. The number of hydrogen-bond donors (Lipinski definition) is 4. The van der Waals surface area contributed by atoms with E-state index in [9.17, 15) is 14.4 Å². The van der Waals surface area contributed by atoms with E-state index < -0.39 is 18.1 Å². The van der Waals surface area contributed by atoms with Crippen LogP contribution in [-0.4, -0.2) is 66.3 Å². The molecule has 17 heavy (non-hydrogen) atoms. The normalized spacial score (nSPS) is 11.5. The number of nitrogens with one attached hydrogen (secondary N) is 2. The number of aliphatic carboxylic acids is 1. The lowest BCUT2D eigenvalue weighted by Crippen LogP contribution is -2.42. The smallest absolute Gasteiger partial charge is 0.332 e. The summed E-state index contributed by atoms with van der Waals surface area (Å²) in [5.74, 6) is -1.60. The predicted molar refractivity (Wildman–Crippen MR) is 58.4 cm³/mol. The molecule has 0 aromatic carbocycles. The van der Waals surface area contributed by atoms with Gasteiger partial charge in [0, 0.05) is 27.1 Å². The van der Waals surface area contributed by atoms with Crippen molar-refractivity contribution >= 4 is 17.9 Å².